The number of carbonyl (C=O) groups excluding carboxylic acids is 2. The quantitative estimate of drug-likeness (QED) is 0.759. The van der Waals surface area contributed by atoms with Gasteiger partial charge in [0.05, 0.1) is 50.8 Å². The number of morpholine rings is 1. The van der Waals surface area contributed by atoms with Crippen molar-refractivity contribution in [3.05, 3.63) is 24.0 Å². The molecule has 1 N–H and O–H groups in total. The Morgan fingerprint density at radius 3 is 2.65 bits per heavy atom. The van der Waals surface area contributed by atoms with E-state index in [0.717, 1.165) is 31.6 Å². The molecule has 0 bridgehead atoms. The van der Waals surface area contributed by atoms with Crippen molar-refractivity contribution >= 4 is 29.1 Å². The van der Waals surface area contributed by atoms with E-state index in [1.165, 1.54) is 17.9 Å². The summed E-state index contributed by atoms with van der Waals surface area (Å²) in [6, 6.07) is 4.82. The highest BCUT2D eigenvalue weighted by Crippen LogP contribution is 2.29. The number of rotatable bonds is 5. The number of carbonyl (C=O) groups is 2. The van der Waals surface area contributed by atoms with Gasteiger partial charge < -0.3 is 19.7 Å². The number of nitrogens with one attached hydrogen (secondary N) is 1. The maximum Gasteiger partial charge on any atom is 0.414 e. The fourth-order valence-electron chi connectivity index (χ4n) is 3.98. The summed E-state index contributed by atoms with van der Waals surface area (Å²) >= 11 is 0. The molecule has 1 aromatic carbocycles. The average Bonchev–Trinajstić information content (AvgIpc) is 3.14. The van der Waals surface area contributed by atoms with Gasteiger partial charge in [-0.05, 0) is 18.2 Å². The van der Waals surface area contributed by atoms with Crippen LogP contribution in [0, 0.1) is 5.82 Å². The number of piperidine rings is 1. The minimum Gasteiger partial charge on any atom is -0.442 e. The van der Waals surface area contributed by atoms with Crippen LogP contribution in [0.5, 0.6) is 0 Å². The van der Waals surface area contributed by atoms with Gasteiger partial charge in [0.25, 0.3) is 0 Å². The molecule has 1 aromatic rings. The molecule has 3 heterocycles. The second-order valence-electron chi connectivity index (χ2n) is 7.91. The van der Waals surface area contributed by atoms with Gasteiger partial charge in [0.1, 0.15) is 11.9 Å². The third kappa shape index (κ3) is 5.25. The first-order chi connectivity index (χ1) is 15.0. The number of hydrazone groups is 1. The Morgan fingerprint density at radius 1 is 1.23 bits per heavy atom. The summed E-state index contributed by atoms with van der Waals surface area (Å²) in [4.78, 5) is 26.6. The Labute approximate surface area is 180 Å². The van der Waals surface area contributed by atoms with Crippen LogP contribution in [0.4, 0.5) is 20.6 Å². The van der Waals surface area contributed by atoms with Gasteiger partial charge in [0.2, 0.25) is 5.91 Å². The van der Waals surface area contributed by atoms with Crippen LogP contribution < -0.4 is 15.1 Å². The van der Waals surface area contributed by atoms with Gasteiger partial charge in [-0.3, -0.25) is 14.7 Å². The number of ether oxygens (including phenoxy) is 2. The molecule has 3 fully saturated rings. The predicted molar refractivity (Wildman–Crippen MR) is 114 cm³/mol. The first-order valence-corrected chi connectivity index (χ1v) is 10.7. The van der Waals surface area contributed by atoms with Crippen molar-refractivity contribution < 1.29 is 23.5 Å². The first-order valence-electron chi connectivity index (χ1n) is 10.7. The highest BCUT2D eigenvalue weighted by molar-refractivity contribution is 5.90. The highest BCUT2D eigenvalue weighted by Gasteiger charge is 2.33. The van der Waals surface area contributed by atoms with E-state index in [9.17, 15) is 14.0 Å². The SMILES string of the molecule is CC(=O)NC[C@H]1CN(c2ccc(N3CCC(=NN4CCOCC4)CC3)c(F)c2)C(=O)O1. The number of amides is 2. The number of hydrogen-bond acceptors (Lipinski definition) is 7. The molecule has 1 atom stereocenters. The molecule has 0 aliphatic carbocycles. The standard InChI is InChI=1S/C21H28FN5O4/c1-15(28)23-13-18-14-27(21(29)31-18)17-2-3-20(19(22)12-17)25-6-4-16(5-7-25)24-26-8-10-30-11-9-26/h2-3,12,18H,4-11,13-14H2,1H3,(H,23,28)/t18-/m0/s1. The minimum atomic E-state index is -0.538. The second-order valence-corrected chi connectivity index (χ2v) is 7.91. The smallest absolute Gasteiger partial charge is 0.414 e. The number of nitrogens with zero attached hydrogens (tertiary/aromatic N) is 4. The van der Waals surface area contributed by atoms with Crippen molar-refractivity contribution in [2.75, 3.05) is 62.3 Å². The molecule has 0 aromatic heterocycles. The van der Waals surface area contributed by atoms with Crippen molar-refractivity contribution in [2.24, 2.45) is 5.10 Å². The third-order valence-electron chi connectivity index (χ3n) is 5.65. The van der Waals surface area contributed by atoms with Crippen LogP contribution in [0.1, 0.15) is 19.8 Å². The lowest BCUT2D eigenvalue weighted by Gasteiger charge is -2.32. The van der Waals surface area contributed by atoms with Gasteiger partial charge in [-0.1, -0.05) is 0 Å². The summed E-state index contributed by atoms with van der Waals surface area (Å²) in [5.41, 5.74) is 2.11. The van der Waals surface area contributed by atoms with Gasteiger partial charge >= 0.3 is 6.09 Å². The Balaban J connectivity index is 1.35. The molecule has 3 aliphatic rings. The average molecular weight is 433 g/mol. The Hall–Kier alpha value is -2.88. The van der Waals surface area contributed by atoms with E-state index in [2.05, 4.69) is 10.3 Å². The van der Waals surface area contributed by atoms with Gasteiger partial charge in [0.15, 0.2) is 0 Å². The largest absolute Gasteiger partial charge is 0.442 e. The lowest BCUT2D eigenvalue weighted by Crippen LogP contribution is -2.37. The Bertz CT molecular complexity index is 848. The third-order valence-corrected chi connectivity index (χ3v) is 5.65. The number of benzene rings is 1. The summed E-state index contributed by atoms with van der Waals surface area (Å²) < 4.78 is 25.5. The number of cyclic esters (lactones) is 1. The first kappa shape index (κ1) is 21.4. The Kier molecular flexibility index (Phi) is 6.55. The van der Waals surface area contributed by atoms with Crippen molar-refractivity contribution in [1.82, 2.24) is 10.3 Å². The zero-order valence-corrected chi connectivity index (χ0v) is 17.7. The van der Waals surface area contributed by atoms with Gasteiger partial charge in [-0.15, -0.1) is 0 Å². The second kappa shape index (κ2) is 9.51. The summed E-state index contributed by atoms with van der Waals surface area (Å²) in [7, 11) is 0. The molecule has 0 saturated carbocycles. The Morgan fingerprint density at radius 2 is 1.97 bits per heavy atom. The molecule has 0 radical (unpaired) electrons. The van der Waals surface area contributed by atoms with Crippen LogP contribution in [0.25, 0.3) is 0 Å². The van der Waals surface area contributed by atoms with E-state index in [4.69, 9.17) is 14.6 Å². The van der Waals surface area contributed by atoms with Crippen LogP contribution in [0.15, 0.2) is 23.3 Å². The summed E-state index contributed by atoms with van der Waals surface area (Å²) in [6.07, 6.45) is 0.596. The minimum absolute atomic E-state index is 0.190. The highest BCUT2D eigenvalue weighted by atomic mass is 19.1. The molecule has 0 spiro atoms. The predicted octanol–water partition coefficient (Wildman–Crippen LogP) is 1.58. The van der Waals surface area contributed by atoms with Crippen LogP contribution in [-0.4, -0.2) is 81.3 Å². The molecule has 2 amide bonds. The topological polar surface area (TPSA) is 86.7 Å². The van der Waals surface area contributed by atoms with Crippen LogP contribution in [0.3, 0.4) is 0 Å². The maximum absolute atomic E-state index is 14.9. The maximum atomic E-state index is 14.9. The van der Waals surface area contributed by atoms with Gasteiger partial charge in [0, 0.05) is 38.6 Å². The van der Waals surface area contributed by atoms with E-state index in [1.54, 1.807) is 12.1 Å². The van der Waals surface area contributed by atoms with Crippen LogP contribution >= 0.6 is 0 Å². The summed E-state index contributed by atoms with van der Waals surface area (Å²) in [6.45, 7) is 6.34. The molecule has 3 saturated heterocycles. The monoisotopic (exact) mass is 433 g/mol. The molecule has 9 nitrogen and oxygen atoms in total. The van der Waals surface area contributed by atoms with Crippen molar-refractivity contribution in [3.8, 4) is 0 Å². The molecule has 168 valence electrons. The van der Waals surface area contributed by atoms with E-state index < -0.39 is 12.2 Å². The molecule has 31 heavy (non-hydrogen) atoms. The van der Waals surface area contributed by atoms with E-state index in [1.807, 2.05) is 4.90 Å². The van der Waals surface area contributed by atoms with Gasteiger partial charge in [-0.25, -0.2) is 9.18 Å². The molecule has 3 aliphatic heterocycles. The van der Waals surface area contributed by atoms with E-state index in [-0.39, 0.29) is 24.8 Å². The number of hydrogen-bond donors (Lipinski definition) is 1. The lowest BCUT2D eigenvalue weighted by atomic mass is 10.1. The van der Waals surface area contributed by atoms with Crippen LogP contribution in [0.2, 0.25) is 0 Å². The fourth-order valence-corrected chi connectivity index (χ4v) is 3.98. The zero-order valence-electron chi connectivity index (χ0n) is 17.7. The van der Waals surface area contributed by atoms with Crippen molar-refractivity contribution in [2.45, 2.75) is 25.9 Å². The molecule has 4 rings (SSSR count). The van der Waals surface area contributed by atoms with E-state index in [0.29, 0.717) is 37.7 Å². The number of halogens is 1. The van der Waals surface area contributed by atoms with Crippen molar-refractivity contribution in [3.63, 3.8) is 0 Å². The molecular weight excluding hydrogens is 405 g/mol. The normalized spacial score (nSPS) is 21.9. The van der Waals surface area contributed by atoms with Gasteiger partial charge in [-0.2, -0.15) is 5.10 Å². The molecule has 10 heteroatoms. The summed E-state index contributed by atoms with van der Waals surface area (Å²) in [5.74, 6) is -0.561. The molecule has 0 unspecified atom stereocenters. The molecular formula is C21H28FN5O4. The van der Waals surface area contributed by atoms with Crippen LogP contribution in [-0.2, 0) is 14.3 Å². The fraction of sp³-hybridized carbons (Fsp3) is 0.571. The summed E-state index contributed by atoms with van der Waals surface area (Å²) in [5, 5.41) is 9.40. The zero-order chi connectivity index (χ0) is 21.8. The number of anilines is 2. The lowest BCUT2D eigenvalue weighted by molar-refractivity contribution is -0.119. The van der Waals surface area contributed by atoms with Crippen molar-refractivity contribution in [1.29, 1.82) is 0 Å². The van der Waals surface area contributed by atoms with E-state index >= 15 is 0 Å².